The van der Waals surface area contributed by atoms with Crippen LogP contribution in [-0.2, 0) is 0 Å². The Balaban J connectivity index is 2.49. The van der Waals surface area contributed by atoms with Crippen molar-refractivity contribution >= 4 is 17.9 Å². The van der Waals surface area contributed by atoms with Crippen LogP contribution in [0.2, 0.25) is 5.02 Å². The van der Waals surface area contributed by atoms with Gasteiger partial charge in [-0.25, -0.2) is 0 Å². The molecule has 2 rings (SSSR count). The van der Waals surface area contributed by atoms with Gasteiger partial charge in [-0.15, -0.1) is 0 Å². The second kappa shape index (κ2) is 3.91. The standard InChI is InChI=1S/C12H10ClNO/c1-8-6-9(13)2-4-11(8)12-5-3-10(7-15)14-12/h2-7,14H,1H3. The van der Waals surface area contributed by atoms with Gasteiger partial charge in [-0.3, -0.25) is 4.79 Å². The molecule has 0 aliphatic rings. The average Bonchev–Trinajstić information content (AvgIpc) is 2.66. The summed E-state index contributed by atoms with van der Waals surface area (Å²) in [5, 5.41) is 0.721. The Morgan fingerprint density at radius 2 is 2.07 bits per heavy atom. The fourth-order valence-corrected chi connectivity index (χ4v) is 1.79. The van der Waals surface area contributed by atoms with E-state index in [0.717, 1.165) is 28.1 Å². The summed E-state index contributed by atoms with van der Waals surface area (Å²) in [4.78, 5) is 13.6. The van der Waals surface area contributed by atoms with Gasteiger partial charge in [-0.2, -0.15) is 0 Å². The first-order chi connectivity index (χ1) is 7.20. The molecule has 0 saturated carbocycles. The van der Waals surface area contributed by atoms with Gasteiger partial charge < -0.3 is 4.98 Å². The Morgan fingerprint density at radius 1 is 1.27 bits per heavy atom. The van der Waals surface area contributed by atoms with E-state index in [1.165, 1.54) is 0 Å². The molecule has 1 aromatic heterocycles. The predicted octanol–water partition coefficient (Wildman–Crippen LogP) is 3.46. The van der Waals surface area contributed by atoms with E-state index in [9.17, 15) is 4.79 Å². The highest BCUT2D eigenvalue weighted by Crippen LogP contribution is 2.24. The molecule has 1 N–H and O–H groups in total. The summed E-state index contributed by atoms with van der Waals surface area (Å²) in [6, 6.07) is 9.33. The Labute approximate surface area is 92.9 Å². The molecule has 2 nitrogen and oxygen atoms in total. The maximum Gasteiger partial charge on any atom is 0.166 e. The minimum atomic E-state index is 0.583. The van der Waals surface area contributed by atoms with Crippen LogP contribution in [0.3, 0.4) is 0 Å². The zero-order valence-corrected chi connectivity index (χ0v) is 9.01. The van der Waals surface area contributed by atoms with Crippen molar-refractivity contribution in [1.82, 2.24) is 4.98 Å². The maximum absolute atomic E-state index is 10.5. The third-order valence-corrected chi connectivity index (χ3v) is 2.55. The maximum atomic E-state index is 10.5. The van der Waals surface area contributed by atoms with Crippen LogP contribution in [0.25, 0.3) is 11.3 Å². The van der Waals surface area contributed by atoms with Crippen molar-refractivity contribution in [2.45, 2.75) is 6.92 Å². The van der Waals surface area contributed by atoms with Gasteiger partial charge in [0.2, 0.25) is 0 Å². The number of aldehydes is 1. The topological polar surface area (TPSA) is 32.9 Å². The second-order valence-electron chi connectivity index (χ2n) is 3.40. The molecule has 0 amide bonds. The number of aryl methyl sites for hydroxylation is 1. The fourth-order valence-electron chi connectivity index (χ4n) is 1.57. The zero-order valence-electron chi connectivity index (χ0n) is 8.25. The smallest absolute Gasteiger partial charge is 0.166 e. The molecule has 76 valence electrons. The highest BCUT2D eigenvalue weighted by molar-refractivity contribution is 6.30. The van der Waals surface area contributed by atoms with E-state index in [-0.39, 0.29) is 0 Å². The molecule has 0 aliphatic heterocycles. The predicted molar refractivity (Wildman–Crippen MR) is 61.4 cm³/mol. The number of hydrogen-bond donors (Lipinski definition) is 1. The highest BCUT2D eigenvalue weighted by atomic mass is 35.5. The van der Waals surface area contributed by atoms with Crippen LogP contribution < -0.4 is 0 Å². The quantitative estimate of drug-likeness (QED) is 0.771. The number of H-pyrrole nitrogens is 1. The van der Waals surface area contributed by atoms with Gasteiger partial charge in [-0.05, 0) is 36.8 Å². The molecular weight excluding hydrogens is 210 g/mol. The van der Waals surface area contributed by atoms with Crippen molar-refractivity contribution in [2.24, 2.45) is 0 Å². The minimum absolute atomic E-state index is 0.583. The number of benzene rings is 1. The molecule has 3 heteroatoms. The Kier molecular flexibility index (Phi) is 2.60. The van der Waals surface area contributed by atoms with E-state index in [1.807, 2.05) is 31.2 Å². The lowest BCUT2D eigenvalue weighted by Gasteiger charge is -2.03. The van der Waals surface area contributed by atoms with E-state index >= 15 is 0 Å². The molecule has 0 radical (unpaired) electrons. The number of halogens is 1. The average molecular weight is 220 g/mol. The summed E-state index contributed by atoms with van der Waals surface area (Å²) in [6.45, 7) is 1.99. The Hall–Kier alpha value is -1.54. The minimum Gasteiger partial charge on any atom is -0.352 e. The molecule has 15 heavy (non-hydrogen) atoms. The lowest BCUT2D eigenvalue weighted by atomic mass is 10.1. The van der Waals surface area contributed by atoms with Crippen molar-refractivity contribution in [2.75, 3.05) is 0 Å². The first-order valence-electron chi connectivity index (χ1n) is 4.61. The molecule has 0 spiro atoms. The van der Waals surface area contributed by atoms with E-state index in [4.69, 9.17) is 11.6 Å². The molecule has 0 saturated heterocycles. The van der Waals surface area contributed by atoms with Crippen molar-refractivity contribution in [1.29, 1.82) is 0 Å². The first kappa shape index (κ1) is 9.99. The lowest BCUT2D eigenvalue weighted by Crippen LogP contribution is -1.84. The number of hydrogen-bond acceptors (Lipinski definition) is 1. The van der Waals surface area contributed by atoms with Crippen LogP contribution in [0.1, 0.15) is 16.1 Å². The number of carbonyl (C=O) groups is 1. The zero-order chi connectivity index (χ0) is 10.8. The monoisotopic (exact) mass is 219 g/mol. The Bertz CT molecular complexity index is 502. The number of carbonyl (C=O) groups excluding carboxylic acids is 1. The van der Waals surface area contributed by atoms with E-state index < -0.39 is 0 Å². The third-order valence-electron chi connectivity index (χ3n) is 2.31. The summed E-state index contributed by atoms with van der Waals surface area (Å²) < 4.78 is 0. The summed E-state index contributed by atoms with van der Waals surface area (Å²) in [5.41, 5.74) is 3.67. The van der Waals surface area contributed by atoms with E-state index in [2.05, 4.69) is 4.98 Å². The van der Waals surface area contributed by atoms with Crippen molar-refractivity contribution in [3.05, 3.63) is 46.6 Å². The largest absolute Gasteiger partial charge is 0.352 e. The summed E-state index contributed by atoms with van der Waals surface area (Å²) in [5.74, 6) is 0. The normalized spacial score (nSPS) is 10.3. The molecule has 0 fully saturated rings. The summed E-state index contributed by atoms with van der Waals surface area (Å²) >= 11 is 5.87. The highest BCUT2D eigenvalue weighted by Gasteiger charge is 2.04. The number of rotatable bonds is 2. The number of nitrogens with one attached hydrogen (secondary N) is 1. The van der Waals surface area contributed by atoms with E-state index in [1.54, 1.807) is 6.07 Å². The second-order valence-corrected chi connectivity index (χ2v) is 3.84. The molecular formula is C12H10ClNO. The first-order valence-corrected chi connectivity index (χ1v) is 4.99. The number of aromatic amines is 1. The van der Waals surface area contributed by atoms with Gasteiger partial charge in [-0.1, -0.05) is 17.7 Å². The van der Waals surface area contributed by atoms with Crippen molar-refractivity contribution in [3.63, 3.8) is 0 Å². The Morgan fingerprint density at radius 3 is 2.67 bits per heavy atom. The fraction of sp³-hybridized carbons (Fsp3) is 0.0833. The molecule has 0 unspecified atom stereocenters. The van der Waals surface area contributed by atoms with Crippen molar-refractivity contribution < 1.29 is 4.79 Å². The molecule has 1 aromatic carbocycles. The third kappa shape index (κ3) is 1.95. The number of aromatic nitrogens is 1. The molecule has 0 atom stereocenters. The van der Waals surface area contributed by atoms with Gasteiger partial charge in [0.05, 0.1) is 5.69 Å². The van der Waals surface area contributed by atoms with Crippen LogP contribution in [0.4, 0.5) is 0 Å². The van der Waals surface area contributed by atoms with E-state index in [0.29, 0.717) is 5.69 Å². The SMILES string of the molecule is Cc1cc(Cl)ccc1-c1ccc(C=O)[nH]1. The van der Waals surface area contributed by atoms with Crippen LogP contribution in [0, 0.1) is 6.92 Å². The van der Waals surface area contributed by atoms with Gasteiger partial charge in [0.15, 0.2) is 6.29 Å². The van der Waals surface area contributed by atoms with Crippen LogP contribution in [-0.4, -0.2) is 11.3 Å². The van der Waals surface area contributed by atoms with Crippen LogP contribution >= 0.6 is 11.6 Å². The molecule has 2 aromatic rings. The van der Waals surface area contributed by atoms with Gasteiger partial charge in [0, 0.05) is 16.3 Å². The van der Waals surface area contributed by atoms with Gasteiger partial charge in [0.1, 0.15) is 0 Å². The van der Waals surface area contributed by atoms with Crippen LogP contribution in [0.5, 0.6) is 0 Å². The van der Waals surface area contributed by atoms with Crippen molar-refractivity contribution in [3.8, 4) is 11.3 Å². The molecule has 1 heterocycles. The molecule has 0 bridgehead atoms. The van der Waals surface area contributed by atoms with Crippen LogP contribution in [0.15, 0.2) is 30.3 Å². The summed E-state index contributed by atoms with van der Waals surface area (Å²) in [7, 11) is 0. The summed E-state index contributed by atoms with van der Waals surface area (Å²) in [6.07, 6.45) is 0.800. The molecule has 0 aliphatic carbocycles. The lowest BCUT2D eigenvalue weighted by molar-refractivity contribution is 0.111. The van der Waals surface area contributed by atoms with Gasteiger partial charge >= 0.3 is 0 Å². The van der Waals surface area contributed by atoms with Gasteiger partial charge in [0.25, 0.3) is 0 Å².